The van der Waals surface area contributed by atoms with Crippen LogP contribution in [0.4, 0.5) is 0 Å². The summed E-state index contributed by atoms with van der Waals surface area (Å²) in [6, 6.07) is -0.150. The van der Waals surface area contributed by atoms with Crippen LogP contribution < -0.4 is 10.6 Å². The zero-order valence-electron chi connectivity index (χ0n) is 10.8. The van der Waals surface area contributed by atoms with Crippen LogP contribution in [0, 0.1) is 0 Å². The van der Waals surface area contributed by atoms with E-state index in [1.54, 1.807) is 26.0 Å². The van der Waals surface area contributed by atoms with Crippen molar-refractivity contribution < 1.29 is 9.59 Å². The smallest absolute Gasteiger partial charge is 0.240 e. The van der Waals surface area contributed by atoms with Crippen LogP contribution in [0.25, 0.3) is 0 Å². The first-order valence-corrected chi connectivity index (χ1v) is 5.92. The highest BCUT2D eigenvalue weighted by Gasteiger charge is 2.29. The highest BCUT2D eigenvalue weighted by Crippen LogP contribution is 2.06. The average Bonchev–Trinajstić information content (AvgIpc) is 2.35. The van der Waals surface area contributed by atoms with Gasteiger partial charge in [-0.15, -0.1) is 0 Å². The molecule has 2 amide bonds. The lowest BCUT2D eigenvalue weighted by Crippen LogP contribution is -2.57. The van der Waals surface area contributed by atoms with E-state index < -0.39 is 0 Å². The summed E-state index contributed by atoms with van der Waals surface area (Å²) in [6.07, 6.45) is 0.438. The molecule has 0 aromatic rings. The Bertz CT molecular complexity index is 281. The minimum absolute atomic E-state index is 0.0135. The highest BCUT2D eigenvalue weighted by atomic mass is 16.2. The van der Waals surface area contributed by atoms with Crippen LogP contribution in [0.5, 0.6) is 0 Å². The van der Waals surface area contributed by atoms with Crippen LogP contribution in [0.15, 0.2) is 0 Å². The van der Waals surface area contributed by atoms with Gasteiger partial charge in [-0.05, 0) is 0 Å². The van der Waals surface area contributed by atoms with Gasteiger partial charge in [-0.3, -0.25) is 14.5 Å². The summed E-state index contributed by atoms with van der Waals surface area (Å²) in [5, 5.41) is 5.81. The second kappa shape index (κ2) is 6.56. The lowest BCUT2D eigenvalue weighted by molar-refractivity contribution is -0.135. The molecule has 17 heavy (non-hydrogen) atoms. The molecule has 1 rings (SSSR count). The second-order valence-electron chi connectivity index (χ2n) is 4.41. The third-order valence-electron chi connectivity index (χ3n) is 2.99. The summed E-state index contributed by atoms with van der Waals surface area (Å²) in [6.45, 7) is 2.96. The Labute approximate surface area is 102 Å². The molecule has 6 nitrogen and oxygen atoms in total. The zero-order valence-corrected chi connectivity index (χ0v) is 10.8. The number of hydrogen-bond donors (Lipinski definition) is 2. The molecule has 0 radical (unpaired) electrons. The van der Waals surface area contributed by atoms with Gasteiger partial charge < -0.3 is 15.5 Å². The molecule has 0 saturated carbocycles. The SMILES string of the molecule is CNC(=O)CCN1CCNCC1C(=O)N(C)C. The van der Waals surface area contributed by atoms with Gasteiger partial charge in [0, 0.05) is 53.7 Å². The first-order chi connectivity index (χ1) is 8.06. The van der Waals surface area contributed by atoms with Crippen LogP contribution >= 0.6 is 0 Å². The van der Waals surface area contributed by atoms with Crippen LogP contribution in [-0.4, -0.2) is 75.0 Å². The van der Waals surface area contributed by atoms with E-state index in [0.717, 1.165) is 13.1 Å². The Hall–Kier alpha value is -1.14. The molecular formula is C11H22N4O2. The van der Waals surface area contributed by atoms with E-state index in [0.29, 0.717) is 19.5 Å². The Morgan fingerprint density at radius 2 is 2.18 bits per heavy atom. The predicted octanol–water partition coefficient (Wildman–Crippen LogP) is -1.52. The first kappa shape index (κ1) is 13.9. The van der Waals surface area contributed by atoms with Crippen molar-refractivity contribution in [2.24, 2.45) is 0 Å². The normalized spacial score (nSPS) is 21.0. The molecule has 0 aromatic heterocycles. The molecule has 0 spiro atoms. The Morgan fingerprint density at radius 3 is 2.76 bits per heavy atom. The molecule has 1 heterocycles. The van der Waals surface area contributed by atoms with Gasteiger partial charge in [0.15, 0.2) is 0 Å². The maximum Gasteiger partial charge on any atom is 0.240 e. The van der Waals surface area contributed by atoms with Crippen molar-refractivity contribution in [1.29, 1.82) is 0 Å². The number of rotatable bonds is 4. The van der Waals surface area contributed by atoms with Crippen LogP contribution in [-0.2, 0) is 9.59 Å². The monoisotopic (exact) mass is 242 g/mol. The van der Waals surface area contributed by atoms with Crippen molar-refractivity contribution in [3.05, 3.63) is 0 Å². The summed E-state index contributed by atoms with van der Waals surface area (Å²) in [5.41, 5.74) is 0. The van der Waals surface area contributed by atoms with Crippen molar-refractivity contribution in [3.8, 4) is 0 Å². The van der Waals surface area contributed by atoms with Crippen LogP contribution in [0.2, 0.25) is 0 Å². The third-order valence-corrected chi connectivity index (χ3v) is 2.99. The number of hydrogen-bond acceptors (Lipinski definition) is 4. The number of nitrogens with zero attached hydrogens (tertiary/aromatic N) is 2. The van der Waals surface area contributed by atoms with Gasteiger partial charge in [-0.25, -0.2) is 0 Å². The van der Waals surface area contributed by atoms with Gasteiger partial charge in [-0.1, -0.05) is 0 Å². The summed E-state index contributed by atoms with van der Waals surface area (Å²) >= 11 is 0. The van der Waals surface area contributed by atoms with Gasteiger partial charge >= 0.3 is 0 Å². The topological polar surface area (TPSA) is 64.7 Å². The molecule has 6 heteroatoms. The fourth-order valence-corrected chi connectivity index (χ4v) is 1.93. The molecule has 1 fully saturated rings. The van der Waals surface area contributed by atoms with E-state index in [1.807, 2.05) is 0 Å². The first-order valence-electron chi connectivity index (χ1n) is 5.92. The van der Waals surface area contributed by atoms with E-state index >= 15 is 0 Å². The summed E-state index contributed by atoms with van der Waals surface area (Å²) in [5.74, 6) is 0.105. The molecule has 1 aliphatic rings. The quantitative estimate of drug-likeness (QED) is 0.629. The van der Waals surface area contributed by atoms with Crippen molar-refractivity contribution in [1.82, 2.24) is 20.4 Å². The van der Waals surface area contributed by atoms with E-state index in [4.69, 9.17) is 0 Å². The fourth-order valence-electron chi connectivity index (χ4n) is 1.93. The lowest BCUT2D eigenvalue weighted by Gasteiger charge is -2.36. The van der Waals surface area contributed by atoms with Gasteiger partial charge in [0.25, 0.3) is 0 Å². The largest absolute Gasteiger partial charge is 0.359 e. The molecule has 98 valence electrons. The van der Waals surface area contributed by atoms with Gasteiger partial charge in [0.05, 0.1) is 0 Å². The second-order valence-corrected chi connectivity index (χ2v) is 4.41. The lowest BCUT2D eigenvalue weighted by atomic mass is 10.1. The molecule has 1 saturated heterocycles. The standard InChI is InChI=1S/C11H22N4O2/c1-12-10(16)4-6-15-7-5-13-8-9(15)11(17)14(2)3/h9,13H,4-8H2,1-3H3,(H,12,16). The minimum Gasteiger partial charge on any atom is -0.359 e. The van der Waals surface area contributed by atoms with E-state index in [9.17, 15) is 9.59 Å². The number of amides is 2. The zero-order chi connectivity index (χ0) is 12.8. The molecule has 0 aromatic carbocycles. The van der Waals surface area contributed by atoms with E-state index in [1.165, 1.54) is 0 Å². The number of carbonyl (C=O) groups excluding carboxylic acids is 2. The molecule has 2 N–H and O–H groups in total. The fraction of sp³-hybridized carbons (Fsp3) is 0.818. The maximum atomic E-state index is 12.0. The number of nitrogens with one attached hydrogen (secondary N) is 2. The predicted molar refractivity (Wildman–Crippen MR) is 65.6 cm³/mol. The average molecular weight is 242 g/mol. The number of piperazine rings is 1. The summed E-state index contributed by atoms with van der Waals surface area (Å²) < 4.78 is 0. The Morgan fingerprint density at radius 1 is 1.47 bits per heavy atom. The molecule has 1 atom stereocenters. The van der Waals surface area contributed by atoms with Crippen molar-refractivity contribution in [3.63, 3.8) is 0 Å². The van der Waals surface area contributed by atoms with E-state index in [-0.39, 0.29) is 17.9 Å². The Balaban J connectivity index is 2.53. The third kappa shape index (κ3) is 3.98. The number of carbonyl (C=O) groups is 2. The van der Waals surface area contributed by atoms with Gasteiger partial charge in [0.2, 0.25) is 11.8 Å². The molecule has 0 aliphatic carbocycles. The van der Waals surface area contributed by atoms with Gasteiger partial charge in [-0.2, -0.15) is 0 Å². The highest BCUT2D eigenvalue weighted by molar-refractivity contribution is 5.82. The van der Waals surface area contributed by atoms with Gasteiger partial charge in [0.1, 0.15) is 6.04 Å². The Kier molecular flexibility index (Phi) is 5.37. The summed E-state index contributed by atoms with van der Waals surface area (Å²) in [7, 11) is 5.14. The van der Waals surface area contributed by atoms with Crippen molar-refractivity contribution in [2.45, 2.75) is 12.5 Å². The van der Waals surface area contributed by atoms with E-state index in [2.05, 4.69) is 15.5 Å². The number of likely N-dealkylation sites (N-methyl/N-ethyl adjacent to an activating group) is 1. The molecule has 1 unspecified atom stereocenters. The van der Waals surface area contributed by atoms with Crippen LogP contribution in [0.3, 0.4) is 0 Å². The molecule has 1 aliphatic heterocycles. The van der Waals surface area contributed by atoms with Crippen molar-refractivity contribution >= 4 is 11.8 Å². The summed E-state index contributed by atoms with van der Waals surface area (Å²) in [4.78, 5) is 26.9. The van der Waals surface area contributed by atoms with Crippen molar-refractivity contribution in [2.75, 3.05) is 47.3 Å². The minimum atomic E-state index is -0.150. The maximum absolute atomic E-state index is 12.0. The molecular weight excluding hydrogens is 220 g/mol. The molecule has 0 bridgehead atoms. The van der Waals surface area contributed by atoms with Crippen LogP contribution in [0.1, 0.15) is 6.42 Å².